The molecule has 0 amide bonds. The van der Waals surface area contributed by atoms with E-state index in [2.05, 4.69) is 29.1 Å². The van der Waals surface area contributed by atoms with Gasteiger partial charge in [-0.05, 0) is 26.2 Å². The van der Waals surface area contributed by atoms with Gasteiger partial charge in [0, 0.05) is 64.3 Å². The summed E-state index contributed by atoms with van der Waals surface area (Å²) in [6.45, 7) is 12.0. The van der Waals surface area contributed by atoms with Crippen molar-refractivity contribution in [2.75, 3.05) is 72.7 Å². The van der Waals surface area contributed by atoms with Crippen molar-refractivity contribution in [2.24, 2.45) is 16.3 Å². The highest BCUT2D eigenvalue weighted by Gasteiger charge is 2.34. The number of rotatable bonds is 7. The summed E-state index contributed by atoms with van der Waals surface area (Å²) in [5.74, 6) is 1.70. The first-order chi connectivity index (χ1) is 13.2. The van der Waals surface area contributed by atoms with Crippen molar-refractivity contribution in [3.05, 3.63) is 0 Å². The molecule has 0 radical (unpaired) electrons. The Morgan fingerprint density at radius 2 is 1.89 bits per heavy atom. The van der Waals surface area contributed by atoms with Crippen LogP contribution < -0.4 is 5.32 Å². The fourth-order valence-electron chi connectivity index (χ4n) is 4.81. The lowest BCUT2D eigenvalue weighted by molar-refractivity contribution is 0.00933. The van der Waals surface area contributed by atoms with E-state index < -0.39 is 0 Å². The minimum absolute atomic E-state index is 0. The standard InChI is InChI=1S/C21H40N4O2.HI/c1-3-22-20(24(2)15-19-7-12-27-16-19)23-17-21(8-5-4-6-9-21)18-25-10-13-26-14-11-25;/h19H,3-18H2,1-2H3,(H,22,23);1H. The molecule has 3 aliphatic rings. The summed E-state index contributed by atoms with van der Waals surface area (Å²) in [6, 6.07) is 0. The van der Waals surface area contributed by atoms with Crippen LogP contribution in [0.2, 0.25) is 0 Å². The quantitative estimate of drug-likeness (QED) is 0.326. The number of ether oxygens (including phenoxy) is 2. The van der Waals surface area contributed by atoms with Crippen LogP contribution in [0.15, 0.2) is 4.99 Å². The molecular weight excluding hydrogens is 467 g/mol. The predicted molar refractivity (Wildman–Crippen MR) is 126 cm³/mol. The van der Waals surface area contributed by atoms with Crippen molar-refractivity contribution in [1.82, 2.24) is 15.1 Å². The minimum Gasteiger partial charge on any atom is -0.381 e. The van der Waals surface area contributed by atoms with Gasteiger partial charge in [0.2, 0.25) is 0 Å². The van der Waals surface area contributed by atoms with E-state index >= 15 is 0 Å². The van der Waals surface area contributed by atoms with E-state index in [1.54, 1.807) is 0 Å². The second-order valence-electron chi connectivity index (χ2n) is 8.73. The molecule has 1 atom stereocenters. The Balaban J connectivity index is 0.00000280. The van der Waals surface area contributed by atoms with E-state index in [9.17, 15) is 0 Å². The number of morpholine rings is 1. The molecule has 0 aromatic rings. The van der Waals surface area contributed by atoms with Crippen molar-refractivity contribution < 1.29 is 9.47 Å². The number of aliphatic imine (C=N–C) groups is 1. The first-order valence-corrected chi connectivity index (χ1v) is 11.1. The van der Waals surface area contributed by atoms with Crippen LogP contribution in [-0.2, 0) is 9.47 Å². The Morgan fingerprint density at radius 3 is 2.54 bits per heavy atom. The molecule has 3 rings (SSSR count). The molecule has 1 saturated carbocycles. The molecule has 2 aliphatic heterocycles. The fraction of sp³-hybridized carbons (Fsp3) is 0.952. The normalized spacial score (nSPS) is 25.9. The molecule has 0 aromatic heterocycles. The molecular formula is C21H41IN4O2. The summed E-state index contributed by atoms with van der Waals surface area (Å²) < 4.78 is 11.1. The third kappa shape index (κ3) is 7.29. The van der Waals surface area contributed by atoms with Gasteiger partial charge in [-0.25, -0.2) is 0 Å². The van der Waals surface area contributed by atoms with Crippen molar-refractivity contribution >= 4 is 29.9 Å². The Hall–Kier alpha value is -0.120. The zero-order valence-corrected chi connectivity index (χ0v) is 20.3. The lowest BCUT2D eigenvalue weighted by Gasteiger charge is -2.41. The zero-order chi connectivity index (χ0) is 19.0. The first-order valence-electron chi connectivity index (χ1n) is 11.1. The van der Waals surface area contributed by atoms with Gasteiger partial charge in [0.05, 0.1) is 19.8 Å². The number of nitrogens with zero attached hydrogens (tertiary/aromatic N) is 3. The van der Waals surface area contributed by atoms with Gasteiger partial charge >= 0.3 is 0 Å². The molecule has 6 nitrogen and oxygen atoms in total. The minimum atomic E-state index is 0. The second kappa shape index (κ2) is 12.5. The van der Waals surface area contributed by atoms with Crippen LogP contribution in [0.1, 0.15) is 45.4 Å². The Kier molecular flexibility index (Phi) is 10.8. The number of hydrogen-bond donors (Lipinski definition) is 1. The highest BCUT2D eigenvalue weighted by Crippen LogP contribution is 2.37. The summed E-state index contributed by atoms with van der Waals surface area (Å²) in [6.07, 6.45) is 7.89. The van der Waals surface area contributed by atoms with Gasteiger partial charge < -0.3 is 19.7 Å². The Labute approximate surface area is 188 Å². The van der Waals surface area contributed by atoms with E-state index in [-0.39, 0.29) is 24.0 Å². The summed E-state index contributed by atoms with van der Waals surface area (Å²) in [5, 5.41) is 3.52. The third-order valence-electron chi connectivity index (χ3n) is 6.39. The average molecular weight is 508 g/mol. The van der Waals surface area contributed by atoms with Crippen molar-refractivity contribution in [2.45, 2.75) is 45.4 Å². The van der Waals surface area contributed by atoms with Crippen LogP contribution in [0.5, 0.6) is 0 Å². The van der Waals surface area contributed by atoms with E-state index in [1.165, 1.54) is 45.1 Å². The molecule has 7 heteroatoms. The fourth-order valence-corrected chi connectivity index (χ4v) is 4.81. The number of guanidine groups is 1. The smallest absolute Gasteiger partial charge is 0.193 e. The van der Waals surface area contributed by atoms with Crippen LogP contribution >= 0.6 is 24.0 Å². The largest absolute Gasteiger partial charge is 0.381 e. The van der Waals surface area contributed by atoms with Gasteiger partial charge in [-0.1, -0.05) is 19.3 Å². The lowest BCUT2D eigenvalue weighted by Crippen LogP contribution is -2.47. The molecule has 2 heterocycles. The van der Waals surface area contributed by atoms with Crippen LogP contribution in [0.3, 0.4) is 0 Å². The number of hydrogen-bond acceptors (Lipinski definition) is 4. The molecule has 28 heavy (non-hydrogen) atoms. The predicted octanol–water partition coefficient (Wildman–Crippen LogP) is 2.82. The number of halogens is 1. The average Bonchev–Trinajstić information content (AvgIpc) is 3.19. The lowest BCUT2D eigenvalue weighted by atomic mass is 9.73. The van der Waals surface area contributed by atoms with Crippen molar-refractivity contribution in [3.63, 3.8) is 0 Å². The molecule has 164 valence electrons. The highest BCUT2D eigenvalue weighted by molar-refractivity contribution is 14.0. The molecule has 1 N–H and O–H groups in total. The maximum Gasteiger partial charge on any atom is 0.193 e. The highest BCUT2D eigenvalue weighted by atomic mass is 127. The van der Waals surface area contributed by atoms with Crippen molar-refractivity contribution in [3.8, 4) is 0 Å². The van der Waals surface area contributed by atoms with Gasteiger partial charge in [-0.15, -0.1) is 24.0 Å². The maximum absolute atomic E-state index is 5.55. The van der Waals surface area contributed by atoms with Crippen molar-refractivity contribution in [1.29, 1.82) is 0 Å². The zero-order valence-electron chi connectivity index (χ0n) is 18.0. The summed E-state index contributed by atoms with van der Waals surface area (Å²) in [5.41, 5.74) is 0.341. The Morgan fingerprint density at radius 1 is 1.14 bits per heavy atom. The molecule has 0 bridgehead atoms. The van der Waals surface area contributed by atoms with E-state index in [1.807, 2.05) is 0 Å². The molecule has 3 fully saturated rings. The van der Waals surface area contributed by atoms with E-state index in [0.717, 1.165) is 65.1 Å². The van der Waals surface area contributed by atoms with Crippen LogP contribution in [-0.4, -0.2) is 88.5 Å². The van der Waals surface area contributed by atoms with E-state index in [4.69, 9.17) is 14.5 Å². The van der Waals surface area contributed by atoms with Gasteiger partial charge in [-0.3, -0.25) is 9.89 Å². The molecule has 0 aromatic carbocycles. The van der Waals surface area contributed by atoms with Crippen LogP contribution in [0.4, 0.5) is 0 Å². The third-order valence-corrected chi connectivity index (χ3v) is 6.39. The second-order valence-corrected chi connectivity index (χ2v) is 8.73. The Bertz CT molecular complexity index is 459. The van der Waals surface area contributed by atoms with Gasteiger partial charge in [0.15, 0.2) is 5.96 Å². The first kappa shape index (κ1) is 24.2. The van der Waals surface area contributed by atoms with Gasteiger partial charge in [0.1, 0.15) is 0 Å². The SMILES string of the molecule is CCNC(=NCC1(CN2CCOCC2)CCCCC1)N(C)CC1CCOC1.I. The van der Waals surface area contributed by atoms with Gasteiger partial charge in [0.25, 0.3) is 0 Å². The topological polar surface area (TPSA) is 49.3 Å². The molecule has 0 spiro atoms. The van der Waals surface area contributed by atoms with Crippen LogP contribution in [0, 0.1) is 11.3 Å². The van der Waals surface area contributed by atoms with E-state index in [0.29, 0.717) is 11.3 Å². The summed E-state index contributed by atoms with van der Waals surface area (Å²) in [4.78, 5) is 10.1. The monoisotopic (exact) mass is 508 g/mol. The molecule has 2 saturated heterocycles. The summed E-state index contributed by atoms with van der Waals surface area (Å²) in [7, 11) is 2.18. The van der Waals surface area contributed by atoms with Crippen LogP contribution in [0.25, 0.3) is 0 Å². The molecule has 1 unspecified atom stereocenters. The summed E-state index contributed by atoms with van der Waals surface area (Å²) >= 11 is 0. The van der Waals surface area contributed by atoms with Gasteiger partial charge in [-0.2, -0.15) is 0 Å². The number of nitrogens with one attached hydrogen (secondary N) is 1. The maximum atomic E-state index is 5.55. The molecule has 1 aliphatic carbocycles.